The maximum atomic E-state index is 10.1. The van der Waals surface area contributed by atoms with Crippen molar-refractivity contribution < 1.29 is 9.84 Å². The molecule has 3 N–H and O–H groups in total. The molecule has 2 unspecified atom stereocenters. The minimum atomic E-state index is -0.416. The molecule has 1 aromatic carbocycles. The molecule has 0 aliphatic rings. The summed E-state index contributed by atoms with van der Waals surface area (Å²) in [6.45, 7) is 8.97. The summed E-state index contributed by atoms with van der Waals surface area (Å²) < 4.78 is 5.60. The van der Waals surface area contributed by atoms with Gasteiger partial charge in [-0.25, -0.2) is 0 Å². The molecule has 0 saturated carbocycles. The Morgan fingerprint density at radius 3 is 2.45 bits per heavy atom. The molecule has 0 heterocycles. The van der Waals surface area contributed by atoms with Gasteiger partial charge in [0.15, 0.2) is 0 Å². The molecule has 0 amide bonds. The van der Waals surface area contributed by atoms with Crippen LogP contribution in [0.1, 0.15) is 49.8 Å². The second-order valence-corrected chi connectivity index (χ2v) is 5.46. The highest BCUT2D eigenvalue weighted by Crippen LogP contribution is 2.25. The van der Waals surface area contributed by atoms with Crippen LogP contribution in [0.4, 0.5) is 0 Å². The Balaban J connectivity index is 2.67. The molecule has 3 heteroatoms. The van der Waals surface area contributed by atoms with Gasteiger partial charge in [-0.1, -0.05) is 19.4 Å². The summed E-state index contributed by atoms with van der Waals surface area (Å²) in [5.74, 6) is 0.956. The van der Waals surface area contributed by atoms with Crippen molar-refractivity contribution in [2.45, 2.75) is 65.5 Å². The van der Waals surface area contributed by atoms with Crippen molar-refractivity contribution in [3.63, 3.8) is 0 Å². The van der Waals surface area contributed by atoms with Gasteiger partial charge in [0.1, 0.15) is 5.75 Å². The Kier molecular flexibility index (Phi) is 7.03. The monoisotopic (exact) mass is 279 g/mol. The first-order valence-electron chi connectivity index (χ1n) is 7.66. The Labute approximate surface area is 123 Å². The number of nitrogens with two attached hydrogens (primary N) is 1. The van der Waals surface area contributed by atoms with E-state index in [0.29, 0.717) is 6.61 Å². The molecule has 0 bridgehead atoms. The third-order valence-electron chi connectivity index (χ3n) is 3.98. The number of benzene rings is 1. The lowest BCUT2D eigenvalue weighted by molar-refractivity contribution is 0.131. The lowest BCUT2D eigenvalue weighted by Gasteiger charge is -2.19. The fourth-order valence-corrected chi connectivity index (χ4v) is 2.48. The Morgan fingerprint density at radius 1 is 1.15 bits per heavy atom. The molecule has 3 nitrogen and oxygen atoms in total. The second kappa shape index (κ2) is 8.28. The molecule has 0 spiro atoms. The van der Waals surface area contributed by atoms with Crippen LogP contribution in [-0.4, -0.2) is 23.9 Å². The first-order chi connectivity index (χ1) is 9.51. The van der Waals surface area contributed by atoms with Gasteiger partial charge in [-0.2, -0.15) is 0 Å². The molecule has 0 fully saturated rings. The Morgan fingerprint density at radius 2 is 1.85 bits per heavy atom. The second-order valence-electron chi connectivity index (χ2n) is 5.46. The van der Waals surface area contributed by atoms with Crippen LogP contribution in [0.15, 0.2) is 12.1 Å². The molecular formula is C17H29NO2. The maximum Gasteiger partial charge on any atom is 0.122 e. The molecule has 114 valence electrons. The number of aryl methyl sites for hydroxylation is 1. The van der Waals surface area contributed by atoms with Gasteiger partial charge in [-0.15, -0.1) is 0 Å². The highest BCUT2D eigenvalue weighted by Gasteiger charge is 2.15. The first kappa shape index (κ1) is 17.0. The molecule has 0 aromatic heterocycles. The molecule has 2 atom stereocenters. The van der Waals surface area contributed by atoms with E-state index in [1.54, 1.807) is 0 Å². The van der Waals surface area contributed by atoms with Crippen LogP contribution < -0.4 is 10.5 Å². The predicted molar refractivity (Wildman–Crippen MR) is 84.3 cm³/mol. The van der Waals surface area contributed by atoms with E-state index < -0.39 is 6.10 Å². The number of aliphatic hydroxyl groups is 1. The molecule has 0 radical (unpaired) electrons. The van der Waals surface area contributed by atoms with Crippen LogP contribution in [-0.2, 0) is 6.42 Å². The van der Waals surface area contributed by atoms with Crippen LogP contribution in [0.2, 0.25) is 0 Å². The summed E-state index contributed by atoms with van der Waals surface area (Å²) in [6.07, 6.45) is 3.05. The minimum absolute atomic E-state index is 0.107. The number of rotatable bonds is 8. The topological polar surface area (TPSA) is 55.5 Å². The van der Waals surface area contributed by atoms with Crippen molar-refractivity contribution >= 4 is 0 Å². The normalized spacial score (nSPS) is 14.1. The fourth-order valence-electron chi connectivity index (χ4n) is 2.48. The standard InChI is InChI=1S/C17H29NO2/c1-5-7-15(18)16(19)10-8-14-9-11-17(20-6-2)13(4)12(14)3/h9,11,15-16,19H,5-8,10,18H2,1-4H3. The van der Waals surface area contributed by atoms with Gasteiger partial charge in [0.05, 0.1) is 12.7 Å². The van der Waals surface area contributed by atoms with Gasteiger partial charge in [-0.3, -0.25) is 0 Å². The van der Waals surface area contributed by atoms with E-state index in [-0.39, 0.29) is 6.04 Å². The van der Waals surface area contributed by atoms with Gasteiger partial charge in [0, 0.05) is 6.04 Å². The summed E-state index contributed by atoms with van der Waals surface area (Å²) in [7, 11) is 0. The highest BCUT2D eigenvalue weighted by atomic mass is 16.5. The highest BCUT2D eigenvalue weighted by molar-refractivity contribution is 5.43. The number of hydrogen-bond donors (Lipinski definition) is 2. The number of ether oxygens (including phenoxy) is 1. The third kappa shape index (κ3) is 4.50. The zero-order chi connectivity index (χ0) is 15.1. The van der Waals surface area contributed by atoms with E-state index in [1.807, 2.05) is 13.0 Å². The zero-order valence-electron chi connectivity index (χ0n) is 13.3. The van der Waals surface area contributed by atoms with Crippen molar-refractivity contribution in [1.82, 2.24) is 0 Å². The molecule has 20 heavy (non-hydrogen) atoms. The van der Waals surface area contributed by atoms with Crippen molar-refractivity contribution in [1.29, 1.82) is 0 Å². The van der Waals surface area contributed by atoms with Crippen molar-refractivity contribution in [3.8, 4) is 5.75 Å². The maximum absolute atomic E-state index is 10.1. The van der Waals surface area contributed by atoms with E-state index in [4.69, 9.17) is 10.5 Å². The smallest absolute Gasteiger partial charge is 0.122 e. The lowest BCUT2D eigenvalue weighted by Crippen LogP contribution is -2.34. The summed E-state index contributed by atoms with van der Waals surface area (Å²) >= 11 is 0. The average molecular weight is 279 g/mol. The Hall–Kier alpha value is -1.06. The average Bonchev–Trinajstić information content (AvgIpc) is 2.43. The first-order valence-corrected chi connectivity index (χ1v) is 7.66. The van der Waals surface area contributed by atoms with Crippen LogP contribution in [0, 0.1) is 13.8 Å². The third-order valence-corrected chi connectivity index (χ3v) is 3.98. The minimum Gasteiger partial charge on any atom is -0.494 e. The Bertz CT molecular complexity index is 418. The molecule has 0 aliphatic heterocycles. The quantitative estimate of drug-likeness (QED) is 0.768. The van der Waals surface area contributed by atoms with Crippen LogP contribution in [0.25, 0.3) is 0 Å². The fraction of sp³-hybridized carbons (Fsp3) is 0.647. The zero-order valence-corrected chi connectivity index (χ0v) is 13.3. The molecule has 1 aromatic rings. The van der Waals surface area contributed by atoms with Crippen LogP contribution >= 0.6 is 0 Å². The van der Waals surface area contributed by atoms with Crippen molar-refractivity contribution in [3.05, 3.63) is 28.8 Å². The van der Waals surface area contributed by atoms with E-state index in [1.165, 1.54) is 16.7 Å². The van der Waals surface area contributed by atoms with Crippen LogP contribution in [0.5, 0.6) is 5.75 Å². The van der Waals surface area contributed by atoms with E-state index in [2.05, 4.69) is 26.8 Å². The molecular weight excluding hydrogens is 250 g/mol. The van der Waals surface area contributed by atoms with Crippen molar-refractivity contribution in [2.24, 2.45) is 5.73 Å². The van der Waals surface area contributed by atoms with Crippen molar-refractivity contribution in [2.75, 3.05) is 6.61 Å². The molecule has 0 saturated heterocycles. The van der Waals surface area contributed by atoms with Gasteiger partial charge in [0.25, 0.3) is 0 Å². The summed E-state index contributed by atoms with van der Waals surface area (Å²) in [5.41, 5.74) is 9.67. The van der Waals surface area contributed by atoms with Crippen LogP contribution in [0.3, 0.4) is 0 Å². The number of hydrogen-bond acceptors (Lipinski definition) is 3. The van der Waals surface area contributed by atoms with Gasteiger partial charge < -0.3 is 15.6 Å². The van der Waals surface area contributed by atoms with E-state index in [0.717, 1.165) is 31.4 Å². The van der Waals surface area contributed by atoms with Gasteiger partial charge in [-0.05, 0) is 62.8 Å². The molecule has 0 aliphatic carbocycles. The summed E-state index contributed by atoms with van der Waals surface area (Å²) in [6, 6.07) is 4.02. The van der Waals surface area contributed by atoms with Gasteiger partial charge in [0.2, 0.25) is 0 Å². The summed E-state index contributed by atoms with van der Waals surface area (Å²) in [4.78, 5) is 0. The van der Waals surface area contributed by atoms with E-state index in [9.17, 15) is 5.11 Å². The summed E-state index contributed by atoms with van der Waals surface area (Å²) in [5, 5.41) is 10.1. The SMILES string of the molecule is CCCC(N)C(O)CCc1ccc(OCC)c(C)c1C. The lowest BCUT2D eigenvalue weighted by atomic mass is 9.95. The molecule has 1 rings (SSSR count). The largest absolute Gasteiger partial charge is 0.494 e. The number of aliphatic hydroxyl groups excluding tert-OH is 1. The predicted octanol–water partition coefficient (Wildman–Crippen LogP) is 3.12. The van der Waals surface area contributed by atoms with E-state index >= 15 is 0 Å². The van der Waals surface area contributed by atoms with Gasteiger partial charge >= 0.3 is 0 Å².